The van der Waals surface area contributed by atoms with Crippen molar-refractivity contribution in [3.8, 4) is 5.75 Å². The van der Waals surface area contributed by atoms with Crippen molar-refractivity contribution in [3.63, 3.8) is 0 Å². The number of aliphatic hydroxyl groups excluding tert-OH is 1. The van der Waals surface area contributed by atoms with E-state index in [-0.39, 0.29) is 24.7 Å². The Morgan fingerprint density at radius 3 is 2.74 bits per heavy atom. The van der Waals surface area contributed by atoms with Crippen LogP contribution in [0.1, 0.15) is 43.9 Å². The van der Waals surface area contributed by atoms with Gasteiger partial charge in [0.05, 0.1) is 30.2 Å². The molecule has 1 aromatic heterocycles. The molecule has 0 radical (unpaired) electrons. The summed E-state index contributed by atoms with van der Waals surface area (Å²) in [5.41, 5.74) is 3.53. The third-order valence-corrected chi connectivity index (χ3v) is 8.02. The van der Waals surface area contributed by atoms with Crippen molar-refractivity contribution in [2.24, 2.45) is 17.8 Å². The highest BCUT2D eigenvalue weighted by Crippen LogP contribution is 2.50. The summed E-state index contributed by atoms with van der Waals surface area (Å²) in [4.78, 5) is 32.2. The Labute approximate surface area is 227 Å². The summed E-state index contributed by atoms with van der Waals surface area (Å²) in [5.74, 6) is -3.06. The third-order valence-electron chi connectivity index (χ3n) is 8.02. The number of phenols is 1. The number of phenolic OH excluding ortho intramolecular Hbond substituents is 1. The van der Waals surface area contributed by atoms with Gasteiger partial charge in [-0.2, -0.15) is 0 Å². The predicted octanol–water partition coefficient (Wildman–Crippen LogP) is 3.45. The lowest BCUT2D eigenvalue weighted by atomic mass is 9.58. The van der Waals surface area contributed by atoms with Gasteiger partial charge in [0.1, 0.15) is 0 Å². The van der Waals surface area contributed by atoms with E-state index in [4.69, 9.17) is 4.65 Å². The number of fused-ring (bicyclic) bond motifs is 3. The van der Waals surface area contributed by atoms with Gasteiger partial charge >= 0.3 is 7.12 Å². The quantitative estimate of drug-likeness (QED) is 0.270. The number of pyridine rings is 1. The molecule has 0 unspecified atom stereocenters. The minimum atomic E-state index is -1.11. The molecule has 8 nitrogen and oxygen atoms in total. The van der Waals surface area contributed by atoms with Crippen LogP contribution in [0.25, 0.3) is 11.6 Å². The van der Waals surface area contributed by atoms with Crippen molar-refractivity contribution in [1.29, 1.82) is 0 Å². The normalized spacial score (nSPS) is 25.3. The first-order chi connectivity index (χ1) is 18.8. The van der Waals surface area contributed by atoms with Crippen LogP contribution in [0, 0.1) is 23.6 Å². The smallest absolute Gasteiger partial charge is 0.455 e. The highest BCUT2D eigenvalue weighted by Gasteiger charge is 2.56. The Hall–Kier alpha value is -3.34. The lowest BCUT2D eigenvalue weighted by Crippen LogP contribution is -2.46. The zero-order valence-corrected chi connectivity index (χ0v) is 21.8. The van der Waals surface area contributed by atoms with Crippen LogP contribution in [-0.4, -0.2) is 63.3 Å². The molecule has 3 N–H and O–H groups in total. The summed E-state index contributed by atoms with van der Waals surface area (Å²) < 4.78 is 20.0. The minimum absolute atomic E-state index is 0.186. The molecule has 3 aliphatic rings. The minimum Gasteiger partial charge on any atom is -0.505 e. The first-order valence-electron chi connectivity index (χ1n) is 13.4. The predicted molar refractivity (Wildman–Crippen MR) is 143 cm³/mol. The average molecular weight is 534 g/mol. The molecular formula is C29H32BFN2O6. The second kappa shape index (κ2) is 11.4. The van der Waals surface area contributed by atoms with Crippen LogP contribution in [-0.2, 0) is 14.2 Å². The summed E-state index contributed by atoms with van der Waals surface area (Å²) in [6.07, 6.45) is 4.87. The number of amides is 2. The van der Waals surface area contributed by atoms with Crippen molar-refractivity contribution >= 4 is 30.6 Å². The third kappa shape index (κ3) is 5.28. The molecule has 10 heteroatoms. The van der Waals surface area contributed by atoms with E-state index in [1.165, 1.54) is 17.0 Å². The first kappa shape index (κ1) is 27.2. The number of likely N-dealkylation sites (tertiary alicyclic amines) is 1. The molecule has 1 aromatic carbocycles. The topological polar surface area (TPSA) is 120 Å². The van der Waals surface area contributed by atoms with Gasteiger partial charge in [-0.1, -0.05) is 19.1 Å². The van der Waals surface area contributed by atoms with Crippen LogP contribution in [0.4, 0.5) is 4.39 Å². The number of aromatic nitrogens is 1. The van der Waals surface area contributed by atoms with Gasteiger partial charge in [0.2, 0.25) is 11.8 Å². The summed E-state index contributed by atoms with van der Waals surface area (Å²) in [5, 5.41) is 30.5. The molecule has 204 valence electrons. The van der Waals surface area contributed by atoms with E-state index in [2.05, 4.69) is 4.98 Å². The van der Waals surface area contributed by atoms with Crippen LogP contribution < -0.4 is 0 Å². The maximum atomic E-state index is 14.0. The van der Waals surface area contributed by atoms with Crippen LogP contribution in [0.15, 0.2) is 53.7 Å². The van der Waals surface area contributed by atoms with Gasteiger partial charge in [-0.3, -0.25) is 19.5 Å². The van der Waals surface area contributed by atoms with Gasteiger partial charge in [0, 0.05) is 12.7 Å². The molecule has 4 atom stereocenters. The van der Waals surface area contributed by atoms with Crippen molar-refractivity contribution in [2.75, 3.05) is 13.2 Å². The number of imide groups is 1. The highest BCUT2D eigenvalue weighted by molar-refractivity contribution is 6.43. The molecule has 2 aliphatic heterocycles. The Morgan fingerprint density at radius 2 is 2.05 bits per heavy atom. The van der Waals surface area contributed by atoms with Crippen molar-refractivity contribution < 1.29 is 33.9 Å². The van der Waals surface area contributed by atoms with Crippen LogP contribution in [0.5, 0.6) is 5.75 Å². The Morgan fingerprint density at radius 1 is 1.23 bits per heavy atom. The molecule has 2 saturated heterocycles. The molecule has 2 aromatic rings. The second-order valence-corrected chi connectivity index (χ2v) is 10.4. The van der Waals surface area contributed by atoms with Gasteiger partial charge in [0.25, 0.3) is 0 Å². The largest absolute Gasteiger partial charge is 0.505 e. The Bertz CT molecular complexity index is 1320. The number of nitrogens with zero attached hydrogens (tertiary/aromatic N) is 2. The molecule has 3 heterocycles. The van der Waals surface area contributed by atoms with Gasteiger partial charge in [-0.25, -0.2) is 4.39 Å². The molecule has 2 fully saturated rings. The molecule has 0 saturated carbocycles. The zero-order valence-electron chi connectivity index (χ0n) is 21.8. The average Bonchev–Trinajstić information content (AvgIpc) is 3.17. The summed E-state index contributed by atoms with van der Waals surface area (Å²) in [6.45, 7) is 2.02. The van der Waals surface area contributed by atoms with Crippen LogP contribution in [0.2, 0.25) is 6.32 Å². The van der Waals surface area contributed by atoms with E-state index in [9.17, 15) is 29.2 Å². The van der Waals surface area contributed by atoms with Gasteiger partial charge in [-0.15, -0.1) is 0 Å². The van der Waals surface area contributed by atoms with Gasteiger partial charge in [0.15, 0.2) is 11.6 Å². The summed E-state index contributed by atoms with van der Waals surface area (Å²) in [6, 6.07) is 9.63. The summed E-state index contributed by atoms with van der Waals surface area (Å²) >= 11 is 0. The van der Waals surface area contributed by atoms with Gasteiger partial charge < -0.3 is 19.9 Å². The molecule has 5 rings (SSSR count). The van der Waals surface area contributed by atoms with Gasteiger partial charge in [-0.05, 0) is 90.5 Å². The van der Waals surface area contributed by atoms with E-state index in [1.54, 1.807) is 24.4 Å². The van der Waals surface area contributed by atoms with E-state index < -0.39 is 42.5 Å². The number of aromatic hydroxyl groups is 1. The summed E-state index contributed by atoms with van der Waals surface area (Å²) in [7, 11) is -1.11. The highest BCUT2D eigenvalue weighted by atomic mass is 19.1. The van der Waals surface area contributed by atoms with Crippen molar-refractivity contribution in [3.05, 3.63) is 70.8 Å². The lowest BCUT2D eigenvalue weighted by Gasteiger charge is -2.43. The first-order valence-corrected chi connectivity index (χ1v) is 13.4. The zero-order chi connectivity index (χ0) is 27.7. The number of halogens is 1. The fourth-order valence-corrected chi connectivity index (χ4v) is 6.35. The maximum absolute atomic E-state index is 14.0. The van der Waals surface area contributed by atoms with E-state index in [1.807, 2.05) is 19.1 Å². The molecule has 1 aliphatic carbocycles. The Kier molecular flexibility index (Phi) is 7.97. The van der Waals surface area contributed by atoms with E-state index in [0.717, 1.165) is 11.1 Å². The number of benzene rings is 1. The monoisotopic (exact) mass is 534 g/mol. The molecular weight excluding hydrogens is 502 g/mol. The molecule has 39 heavy (non-hydrogen) atoms. The molecule has 0 bridgehead atoms. The lowest BCUT2D eigenvalue weighted by molar-refractivity contribution is -0.140. The van der Waals surface area contributed by atoms with Crippen LogP contribution in [0.3, 0.4) is 0 Å². The number of carbonyl (C=O) groups is 2. The fourth-order valence-electron chi connectivity index (χ4n) is 6.35. The number of aliphatic hydroxyl groups is 1. The number of hydrogen-bond donors (Lipinski definition) is 3. The maximum Gasteiger partial charge on any atom is 0.455 e. The van der Waals surface area contributed by atoms with E-state index in [0.29, 0.717) is 49.1 Å². The second-order valence-electron chi connectivity index (χ2n) is 10.4. The van der Waals surface area contributed by atoms with Crippen molar-refractivity contribution in [2.45, 2.75) is 45.0 Å². The molecule has 2 amide bonds. The van der Waals surface area contributed by atoms with E-state index >= 15 is 0 Å². The Balaban J connectivity index is 1.46. The molecule has 0 spiro atoms. The SMILES string of the molecule is CCCN1C(=O)[C@@H]2[C@@H](CC(CO)=C3[C@@H](CC/C(=C/c4ccc(O)c(F)c4)c4ccccn4)OB(O)C[C@@H]32)C1=O. The number of allylic oxidation sites excluding steroid dienone is 1. The van der Waals surface area contributed by atoms with Crippen molar-refractivity contribution in [1.82, 2.24) is 9.88 Å². The number of rotatable bonds is 8. The van der Waals surface area contributed by atoms with Crippen LogP contribution >= 0.6 is 0 Å². The number of carbonyl (C=O) groups excluding carboxylic acids is 2. The standard InChI is InChI=1S/C29H32BFN2O6/c1-2-11-33-28(36)20-14-19(16-34)26-21(27(20)29(33)37)15-30(38)39-25(26)9-7-18(23-5-3-4-10-32-23)12-17-6-8-24(35)22(31)13-17/h3-6,8,10,12-13,20-21,25,27,34-35,38H,2,7,9,11,14-16H2,1H3/b18-12-/t20-,21+,25-,27-/m1/s1. The fraction of sp³-hybridized carbons (Fsp3) is 0.414. The number of hydrogen-bond acceptors (Lipinski definition) is 7.